The third-order valence-corrected chi connectivity index (χ3v) is 4.86. The molecule has 0 bridgehead atoms. The first-order chi connectivity index (χ1) is 12.5. The number of para-hydroxylation sites is 1. The Kier molecular flexibility index (Phi) is 5.57. The topological polar surface area (TPSA) is 48.0 Å². The Labute approximate surface area is 158 Å². The van der Waals surface area contributed by atoms with Gasteiger partial charge in [0.25, 0.3) is 0 Å². The maximum absolute atomic E-state index is 12.8. The van der Waals surface area contributed by atoms with E-state index in [1.54, 1.807) is 25.1 Å². The summed E-state index contributed by atoms with van der Waals surface area (Å²) in [5.74, 6) is 1.88. The molecule has 26 heavy (non-hydrogen) atoms. The second-order valence-corrected chi connectivity index (χ2v) is 6.61. The SMILES string of the molecule is COc1ccccc1C(C)N(C)C(=O)Cc1cc(Cl)c2c(c1)OCCO2. The molecule has 1 aliphatic heterocycles. The van der Waals surface area contributed by atoms with E-state index >= 15 is 0 Å². The molecule has 5 nitrogen and oxygen atoms in total. The van der Waals surface area contributed by atoms with Crippen molar-refractivity contribution < 1.29 is 19.0 Å². The van der Waals surface area contributed by atoms with Crippen molar-refractivity contribution in [1.29, 1.82) is 0 Å². The van der Waals surface area contributed by atoms with E-state index in [0.717, 1.165) is 16.9 Å². The zero-order valence-corrected chi connectivity index (χ0v) is 15.9. The number of carbonyl (C=O) groups is 1. The molecule has 2 aromatic rings. The van der Waals surface area contributed by atoms with Gasteiger partial charge in [-0.2, -0.15) is 0 Å². The van der Waals surface area contributed by atoms with Gasteiger partial charge in [0.1, 0.15) is 19.0 Å². The van der Waals surface area contributed by atoms with Crippen LogP contribution in [0.15, 0.2) is 36.4 Å². The van der Waals surface area contributed by atoms with E-state index in [9.17, 15) is 4.79 Å². The lowest BCUT2D eigenvalue weighted by molar-refractivity contribution is -0.131. The van der Waals surface area contributed by atoms with Gasteiger partial charge in [0.05, 0.1) is 24.6 Å². The van der Waals surface area contributed by atoms with Crippen molar-refractivity contribution in [3.63, 3.8) is 0 Å². The molecule has 0 spiro atoms. The smallest absolute Gasteiger partial charge is 0.227 e. The normalized spacial score (nSPS) is 13.8. The number of carbonyl (C=O) groups excluding carboxylic acids is 1. The third kappa shape index (κ3) is 3.73. The van der Waals surface area contributed by atoms with E-state index in [1.165, 1.54) is 0 Å². The minimum absolute atomic E-state index is 0.0175. The molecule has 1 heterocycles. The summed E-state index contributed by atoms with van der Waals surface area (Å²) in [6, 6.07) is 11.2. The maximum Gasteiger partial charge on any atom is 0.227 e. The van der Waals surface area contributed by atoms with E-state index in [1.807, 2.05) is 37.3 Å². The number of halogens is 1. The van der Waals surface area contributed by atoms with E-state index in [2.05, 4.69) is 0 Å². The van der Waals surface area contributed by atoms with Gasteiger partial charge in [-0.15, -0.1) is 0 Å². The number of methoxy groups -OCH3 is 1. The lowest BCUT2D eigenvalue weighted by atomic mass is 10.0. The molecule has 0 saturated heterocycles. The summed E-state index contributed by atoms with van der Waals surface area (Å²) in [6.45, 7) is 2.93. The highest BCUT2D eigenvalue weighted by atomic mass is 35.5. The number of rotatable bonds is 5. The Balaban J connectivity index is 1.76. The fraction of sp³-hybridized carbons (Fsp3) is 0.350. The van der Waals surface area contributed by atoms with Gasteiger partial charge < -0.3 is 19.1 Å². The van der Waals surface area contributed by atoms with Crippen LogP contribution >= 0.6 is 11.6 Å². The van der Waals surface area contributed by atoms with Crippen LogP contribution in [0.5, 0.6) is 17.2 Å². The molecule has 1 amide bonds. The first kappa shape index (κ1) is 18.4. The summed E-state index contributed by atoms with van der Waals surface area (Å²) in [5, 5.41) is 0.463. The zero-order valence-electron chi connectivity index (χ0n) is 15.1. The number of hydrogen-bond donors (Lipinski definition) is 0. The predicted octanol–water partition coefficient (Wildman–Crippen LogP) is 3.88. The van der Waals surface area contributed by atoms with Crippen LogP contribution in [-0.2, 0) is 11.2 Å². The van der Waals surface area contributed by atoms with Crippen LogP contribution in [0.1, 0.15) is 24.1 Å². The van der Waals surface area contributed by atoms with Gasteiger partial charge in [-0.1, -0.05) is 29.8 Å². The van der Waals surface area contributed by atoms with Crippen LogP contribution < -0.4 is 14.2 Å². The monoisotopic (exact) mass is 375 g/mol. The van der Waals surface area contributed by atoms with Crippen molar-refractivity contribution in [2.75, 3.05) is 27.4 Å². The highest BCUT2D eigenvalue weighted by Crippen LogP contribution is 2.38. The number of hydrogen-bond acceptors (Lipinski definition) is 4. The average molecular weight is 376 g/mol. The molecule has 0 aliphatic carbocycles. The minimum atomic E-state index is -0.119. The third-order valence-electron chi connectivity index (χ3n) is 4.58. The summed E-state index contributed by atoms with van der Waals surface area (Å²) in [4.78, 5) is 14.5. The van der Waals surface area contributed by atoms with Gasteiger partial charge in [0.15, 0.2) is 11.5 Å². The van der Waals surface area contributed by atoms with Crippen molar-refractivity contribution in [2.45, 2.75) is 19.4 Å². The highest BCUT2D eigenvalue weighted by Gasteiger charge is 2.22. The Morgan fingerprint density at radius 2 is 2.00 bits per heavy atom. The van der Waals surface area contributed by atoms with E-state index < -0.39 is 0 Å². The zero-order chi connectivity index (χ0) is 18.7. The summed E-state index contributed by atoms with van der Waals surface area (Å²) in [6.07, 6.45) is 0.229. The quantitative estimate of drug-likeness (QED) is 0.795. The Bertz CT molecular complexity index is 808. The number of ether oxygens (including phenoxy) is 3. The van der Waals surface area contributed by atoms with Crippen LogP contribution in [0.25, 0.3) is 0 Å². The number of benzene rings is 2. The van der Waals surface area contributed by atoms with Gasteiger partial charge in [-0.05, 0) is 30.7 Å². The number of nitrogens with zero attached hydrogens (tertiary/aromatic N) is 1. The maximum atomic E-state index is 12.8. The van der Waals surface area contributed by atoms with Gasteiger partial charge in [-0.25, -0.2) is 0 Å². The molecule has 0 aromatic heterocycles. The summed E-state index contributed by atoms with van der Waals surface area (Å²) < 4.78 is 16.5. The molecule has 6 heteroatoms. The van der Waals surface area contributed by atoms with Crippen LogP contribution in [0.3, 0.4) is 0 Å². The van der Waals surface area contributed by atoms with Crippen molar-refractivity contribution in [3.8, 4) is 17.2 Å². The molecule has 2 aromatic carbocycles. The molecule has 0 fully saturated rings. The van der Waals surface area contributed by atoms with Crippen molar-refractivity contribution in [2.24, 2.45) is 0 Å². The second-order valence-electron chi connectivity index (χ2n) is 6.20. The van der Waals surface area contributed by atoms with Crippen LogP contribution in [0.2, 0.25) is 5.02 Å². The van der Waals surface area contributed by atoms with E-state index in [-0.39, 0.29) is 18.4 Å². The fourth-order valence-electron chi connectivity index (χ4n) is 3.00. The summed E-state index contributed by atoms with van der Waals surface area (Å²) >= 11 is 6.26. The summed E-state index contributed by atoms with van der Waals surface area (Å²) in [7, 11) is 3.42. The Morgan fingerprint density at radius 3 is 2.77 bits per heavy atom. The first-order valence-corrected chi connectivity index (χ1v) is 8.85. The van der Waals surface area contributed by atoms with Crippen molar-refractivity contribution in [1.82, 2.24) is 4.90 Å². The van der Waals surface area contributed by atoms with Gasteiger partial charge in [0.2, 0.25) is 5.91 Å². The molecule has 138 valence electrons. The van der Waals surface area contributed by atoms with Gasteiger partial charge in [0, 0.05) is 12.6 Å². The van der Waals surface area contributed by atoms with Gasteiger partial charge in [-0.3, -0.25) is 4.79 Å². The standard InChI is InChI=1S/C20H22ClNO4/c1-13(15-6-4-5-7-17(15)24-3)22(2)19(23)12-14-10-16(21)20-18(11-14)25-8-9-26-20/h4-7,10-11,13H,8-9,12H2,1-3H3. The minimum Gasteiger partial charge on any atom is -0.496 e. The van der Waals surface area contributed by atoms with E-state index in [0.29, 0.717) is 29.7 Å². The molecule has 0 saturated carbocycles. The largest absolute Gasteiger partial charge is 0.496 e. The molecular weight excluding hydrogens is 354 g/mol. The Morgan fingerprint density at radius 1 is 1.27 bits per heavy atom. The number of fused-ring (bicyclic) bond motifs is 1. The molecule has 1 aliphatic rings. The van der Waals surface area contributed by atoms with Crippen molar-refractivity contribution in [3.05, 3.63) is 52.5 Å². The molecule has 1 unspecified atom stereocenters. The second kappa shape index (κ2) is 7.87. The predicted molar refractivity (Wildman–Crippen MR) is 100 cm³/mol. The molecule has 1 atom stereocenters. The molecule has 3 rings (SSSR count). The number of likely N-dealkylation sites (N-methyl/N-ethyl adjacent to an activating group) is 1. The number of amides is 1. The molecule has 0 N–H and O–H groups in total. The van der Waals surface area contributed by atoms with Crippen LogP contribution in [-0.4, -0.2) is 38.2 Å². The fourth-order valence-corrected chi connectivity index (χ4v) is 3.29. The van der Waals surface area contributed by atoms with Crippen LogP contribution in [0.4, 0.5) is 0 Å². The van der Waals surface area contributed by atoms with E-state index in [4.69, 9.17) is 25.8 Å². The lowest BCUT2D eigenvalue weighted by Gasteiger charge is -2.27. The average Bonchev–Trinajstić information content (AvgIpc) is 2.66. The Hall–Kier alpha value is -2.40. The van der Waals surface area contributed by atoms with Gasteiger partial charge >= 0.3 is 0 Å². The molecule has 0 radical (unpaired) electrons. The van der Waals surface area contributed by atoms with Crippen LogP contribution in [0, 0.1) is 0 Å². The van der Waals surface area contributed by atoms with Crippen molar-refractivity contribution >= 4 is 17.5 Å². The first-order valence-electron chi connectivity index (χ1n) is 8.48. The summed E-state index contributed by atoms with van der Waals surface area (Å²) in [5.41, 5.74) is 1.76. The molecular formula is C20H22ClNO4. The lowest BCUT2D eigenvalue weighted by Crippen LogP contribution is -2.31. The highest BCUT2D eigenvalue weighted by molar-refractivity contribution is 6.32.